The fourth-order valence-corrected chi connectivity index (χ4v) is 2.03. The normalized spacial score (nSPS) is 13.8. The maximum atomic E-state index is 12.2. The summed E-state index contributed by atoms with van der Waals surface area (Å²) in [5, 5.41) is 0. The number of carbonyl (C=O) groups is 1. The Morgan fingerprint density at radius 2 is 1.95 bits per heavy atom. The predicted octanol–water partition coefficient (Wildman–Crippen LogP) is 3.15. The molecule has 3 nitrogen and oxygen atoms in total. The number of ether oxygens (including phenoxy) is 1. The molecule has 0 unspecified atom stereocenters. The van der Waals surface area contributed by atoms with Crippen LogP contribution in [0.1, 0.15) is 32.3 Å². The van der Waals surface area contributed by atoms with Gasteiger partial charge >= 0.3 is 0 Å². The van der Waals surface area contributed by atoms with Crippen molar-refractivity contribution in [1.82, 2.24) is 4.90 Å². The molecule has 2 rings (SSSR count). The minimum atomic E-state index is 0.123. The first-order valence-corrected chi connectivity index (χ1v) is 6.68. The average molecular weight is 259 g/mol. The van der Waals surface area contributed by atoms with Gasteiger partial charge in [-0.1, -0.05) is 17.7 Å². The molecule has 1 saturated carbocycles. The van der Waals surface area contributed by atoms with Crippen molar-refractivity contribution in [3.8, 4) is 5.75 Å². The minimum Gasteiger partial charge on any atom is -0.497 e. The van der Waals surface area contributed by atoms with Gasteiger partial charge in [0, 0.05) is 18.7 Å². The molecule has 0 radical (unpaired) electrons. The number of benzene rings is 1. The quantitative estimate of drug-likeness (QED) is 0.760. The molecule has 1 aliphatic rings. The van der Waals surface area contributed by atoms with Gasteiger partial charge in [0.05, 0.1) is 7.11 Å². The molecular formula is C16H21NO2. The topological polar surface area (TPSA) is 29.5 Å². The summed E-state index contributed by atoms with van der Waals surface area (Å²) < 4.78 is 5.14. The van der Waals surface area contributed by atoms with E-state index in [0.717, 1.165) is 29.7 Å². The first-order valence-electron chi connectivity index (χ1n) is 6.68. The smallest absolute Gasteiger partial charge is 0.247 e. The van der Waals surface area contributed by atoms with E-state index in [1.165, 1.54) is 0 Å². The molecule has 1 amide bonds. The monoisotopic (exact) mass is 259 g/mol. The average Bonchev–Trinajstić information content (AvgIpc) is 3.20. The van der Waals surface area contributed by atoms with Crippen molar-refractivity contribution >= 4 is 5.91 Å². The number of methoxy groups -OCH3 is 1. The number of amides is 1. The SMILES string of the molecule is COc1ccc(CN(C(=O)C=C(C)C)C2CC2)cc1. The lowest BCUT2D eigenvalue weighted by Crippen LogP contribution is -2.31. The number of rotatable bonds is 5. The zero-order valence-corrected chi connectivity index (χ0v) is 11.8. The van der Waals surface area contributed by atoms with Gasteiger partial charge < -0.3 is 9.64 Å². The molecular weight excluding hydrogens is 238 g/mol. The molecule has 0 N–H and O–H groups in total. The molecule has 0 atom stereocenters. The maximum Gasteiger partial charge on any atom is 0.247 e. The summed E-state index contributed by atoms with van der Waals surface area (Å²) in [5.41, 5.74) is 2.19. The van der Waals surface area contributed by atoms with Gasteiger partial charge in [-0.3, -0.25) is 4.79 Å². The molecule has 0 spiro atoms. The van der Waals surface area contributed by atoms with Gasteiger partial charge in [-0.05, 0) is 44.4 Å². The number of carbonyl (C=O) groups excluding carboxylic acids is 1. The Bertz CT molecular complexity index is 468. The highest BCUT2D eigenvalue weighted by Gasteiger charge is 2.31. The molecule has 0 bridgehead atoms. The van der Waals surface area contributed by atoms with Crippen LogP contribution in [0.3, 0.4) is 0 Å². The highest BCUT2D eigenvalue weighted by atomic mass is 16.5. The molecule has 102 valence electrons. The summed E-state index contributed by atoms with van der Waals surface area (Å²) in [6.07, 6.45) is 3.97. The highest BCUT2D eigenvalue weighted by molar-refractivity contribution is 5.88. The second-order valence-corrected chi connectivity index (χ2v) is 5.27. The van der Waals surface area contributed by atoms with Gasteiger partial charge in [-0.2, -0.15) is 0 Å². The Morgan fingerprint density at radius 1 is 1.32 bits per heavy atom. The first-order chi connectivity index (χ1) is 9.10. The number of hydrogen-bond donors (Lipinski definition) is 0. The van der Waals surface area contributed by atoms with E-state index in [9.17, 15) is 4.79 Å². The zero-order valence-electron chi connectivity index (χ0n) is 11.8. The lowest BCUT2D eigenvalue weighted by molar-refractivity contribution is -0.127. The van der Waals surface area contributed by atoms with Gasteiger partial charge in [-0.25, -0.2) is 0 Å². The number of allylic oxidation sites excluding steroid dienone is 1. The summed E-state index contributed by atoms with van der Waals surface area (Å²) >= 11 is 0. The molecule has 1 aliphatic carbocycles. The molecule has 1 fully saturated rings. The number of hydrogen-bond acceptors (Lipinski definition) is 2. The minimum absolute atomic E-state index is 0.123. The molecule has 0 heterocycles. The maximum absolute atomic E-state index is 12.2. The van der Waals surface area contributed by atoms with E-state index in [2.05, 4.69) is 0 Å². The number of nitrogens with zero attached hydrogens (tertiary/aromatic N) is 1. The van der Waals surface area contributed by atoms with E-state index in [-0.39, 0.29) is 5.91 Å². The predicted molar refractivity (Wildman–Crippen MR) is 76.0 cm³/mol. The third-order valence-electron chi connectivity index (χ3n) is 3.19. The van der Waals surface area contributed by atoms with Crippen molar-refractivity contribution in [1.29, 1.82) is 0 Å². The zero-order chi connectivity index (χ0) is 13.8. The summed E-state index contributed by atoms with van der Waals surface area (Å²) in [5.74, 6) is 0.968. The molecule has 3 heteroatoms. The van der Waals surface area contributed by atoms with Crippen LogP contribution in [-0.2, 0) is 11.3 Å². The van der Waals surface area contributed by atoms with Gasteiger partial charge in [0.2, 0.25) is 5.91 Å². The largest absolute Gasteiger partial charge is 0.497 e. The van der Waals surface area contributed by atoms with E-state index in [4.69, 9.17) is 4.74 Å². The van der Waals surface area contributed by atoms with E-state index in [1.807, 2.05) is 43.0 Å². The van der Waals surface area contributed by atoms with Crippen LogP contribution in [0.5, 0.6) is 5.75 Å². The third-order valence-corrected chi connectivity index (χ3v) is 3.19. The molecule has 0 aromatic heterocycles. The van der Waals surface area contributed by atoms with E-state index in [0.29, 0.717) is 12.6 Å². The van der Waals surface area contributed by atoms with Crippen LogP contribution in [0.4, 0.5) is 0 Å². The first kappa shape index (κ1) is 13.7. The van der Waals surface area contributed by atoms with Crippen molar-refractivity contribution in [2.24, 2.45) is 0 Å². The highest BCUT2D eigenvalue weighted by Crippen LogP contribution is 2.29. The summed E-state index contributed by atoms with van der Waals surface area (Å²) in [4.78, 5) is 14.2. The van der Waals surface area contributed by atoms with Crippen LogP contribution in [-0.4, -0.2) is 24.0 Å². The van der Waals surface area contributed by atoms with Crippen molar-refractivity contribution < 1.29 is 9.53 Å². The van der Waals surface area contributed by atoms with Crippen molar-refractivity contribution in [3.63, 3.8) is 0 Å². The molecule has 0 saturated heterocycles. The Morgan fingerprint density at radius 3 is 2.42 bits per heavy atom. The van der Waals surface area contributed by atoms with Crippen molar-refractivity contribution in [2.45, 2.75) is 39.3 Å². The lowest BCUT2D eigenvalue weighted by atomic mass is 10.2. The van der Waals surface area contributed by atoms with Crippen molar-refractivity contribution in [2.75, 3.05) is 7.11 Å². The Kier molecular flexibility index (Phi) is 4.25. The van der Waals surface area contributed by atoms with Crippen LogP contribution < -0.4 is 4.74 Å². The second-order valence-electron chi connectivity index (χ2n) is 5.27. The van der Waals surface area contributed by atoms with Crippen LogP contribution in [0.25, 0.3) is 0 Å². The van der Waals surface area contributed by atoms with Gasteiger partial charge in [0.15, 0.2) is 0 Å². The van der Waals surface area contributed by atoms with E-state index in [1.54, 1.807) is 13.2 Å². The Labute approximate surface area is 114 Å². The lowest BCUT2D eigenvalue weighted by Gasteiger charge is -2.21. The summed E-state index contributed by atoms with van der Waals surface area (Å²) in [7, 11) is 1.66. The Hall–Kier alpha value is -1.77. The van der Waals surface area contributed by atoms with E-state index < -0.39 is 0 Å². The van der Waals surface area contributed by atoms with Crippen LogP contribution in [0.2, 0.25) is 0 Å². The molecule has 0 aliphatic heterocycles. The standard InChI is InChI=1S/C16H21NO2/c1-12(2)10-16(18)17(14-6-7-14)11-13-4-8-15(19-3)9-5-13/h4-5,8-10,14H,6-7,11H2,1-3H3. The van der Waals surface area contributed by atoms with E-state index >= 15 is 0 Å². The molecule has 1 aromatic rings. The Balaban J connectivity index is 2.07. The molecule has 19 heavy (non-hydrogen) atoms. The third kappa shape index (κ3) is 3.85. The van der Waals surface area contributed by atoms with Crippen molar-refractivity contribution in [3.05, 3.63) is 41.5 Å². The fraction of sp³-hybridized carbons (Fsp3) is 0.438. The van der Waals surface area contributed by atoms with Gasteiger partial charge in [0.25, 0.3) is 0 Å². The van der Waals surface area contributed by atoms with Gasteiger partial charge in [0.1, 0.15) is 5.75 Å². The van der Waals surface area contributed by atoms with Crippen LogP contribution in [0.15, 0.2) is 35.9 Å². The second kappa shape index (κ2) is 5.91. The van der Waals surface area contributed by atoms with Crippen LogP contribution >= 0.6 is 0 Å². The molecule has 1 aromatic carbocycles. The summed E-state index contributed by atoms with van der Waals surface area (Å²) in [6, 6.07) is 8.33. The van der Waals surface area contributed by atoms with Crippen LogP contribution in [0, 0.1) is 0 Å². The summed E-state index contributed by atoms with van der Waals surface area (Å²) in [6.45, 7) is 4.59. The van der Waals surface area contributed by atoms with Gasteiger partial charge in [-0.15, -0.1) is 0 Å². The fourth-order valence-electron chi connectivity index (χ4n) is 2.03.